The van der Waals surface area contributed by atoms with E-state index in [1.165, 1.54) is 7.11 Å². The minimum Gasteiger partial charge on any atom is -0.367 e. The minimum atomic E-state index is -0.723. The smallest absolute Gasteiger partial charge is 0.256 e. The van der Waals surface area contributed by atoms with Gasteiger partial charge in [-0.2, -0.15) is 5.10 Å². The first-order valence-electron chi connectivity index (χ1n) is 9.15. The number of carbonyl (C=O) groups excluding carboxylic acids is 1. The Bertz CT molecular complexity index is 809. The maximum absolute atomic E-state index is 13.4. The van der Waals surface area contributed by atoms with Crippen molar-refractivity contribution >= 4 is 17.5 Å². The van der Waals surface area contributed by atoms with Crippen molar-refractivity contribution < 1.29 is 19.0 Å². The number of methoxy groups -OCH3 is 1. The van der Waals surface area contributed by atoms with Gasteiger partial charge in [-0.15, -0.1) is 0 Å². The average Bonchev–Trinajstić information content (AvgIpc) is 3.16. The van der Waals surface area contributed by atoms with E-state index in [1.807, 2.05) is 44.2 Å². The molecule has 2 aromatic rings. The van der Waals surface area contributed by atoms with Gasteiger partial charge in [-0.25, -0.2) is 0 Å². The van der Waals surface area contributed by atoms with Crippen molar-refractivity contribution in [3.63, 3.8) is 0 Å². The highest BCUT2D eigenvalue weighted by molar-refractivity contribution is 6.31. The second kappa shape index (κ2) is 8.61. The van der Waals surface area contributed by atoms with Crippen molar-refractivity contribution in [1.29, 1.82) is 0 Å². The zero-order valence-electron chi connectivity index (χ0n) is 16.6. The molecule has 1 saturated heterocycles. The first kappa shape index (κ1) is 20.8. The highest BCUT2D eigenvalue weighted by Gasteiger charge is 2.36. The summed E-state index contributed by atoms with van der Waals surface area (Å²) < 4.78 is 18.7. The van der Waals surface area contributed by atoms with Gasteiger partial charge in [-0.1, -0.05) is 41.9 Å². The van der Waals surface area contributed by atoms with Gasteiger partial charge in [-0.3, -0.25) is 9.48 Å². The van der Waals surface area contributed by atoms with Gasteiger partial charge in [-0.05, 0) is 19.4 Å². The van der Waals surface area contributed by atoms with Gasteiger partial charge in [0, 0.05) is 26.9 Å². The summed E-state index contributed by atoms with van der Waals surface area (Å²) in [5.41, 5.74) is 1.41. The summed E-state index contributed by atoms with van der Waals surface area (Å²) in [6.45, 7) is 4.73. The summed E-state index contributed by atoms with van der Waals surface area (Å²) in [7, 11) is 3.32. The summed E-state index contributed by atoms with van der Waals surface area (Å²) in [4.78, 5) is 15.0. The summed E-state index contributed by atoms with van der Waals surface area (Å²) in [6, 6.07) is 9.40. The summed E-state index contributed by atoms with van der Waals surface area (Å²) >= 11 is 6.28. The van der Waals surface area contributed by atoms with Crippen molar-refractivity contribution in [2.45, 2.75) is 38.4 Å². The Morgan fingerprint density at radius 2 is 2.14 bits per heavy atom. The molecule has 1 amide bonds. The van der Waals surface area contributed by atoms with Gasteiger partial charge in [0.15, 0.2) is 11.9 Å². The molecule has 28 heavy (non-hydrogen) atoms. The summed E-state index contributed by atoms with van der Waals surface area (Å²) in [5.74, 6) is -0.842. The first-order chi connectivity index (χ1) is 13.3. The minimum absolute atomic E-state index is 0.177. The molecule has 0 radical (unpaired) electrons. The lowest BCUT2D eigenvalue weighted by molar-refractivity contribution is -0.152. The van der Waals surface area contributed by atoms with Gasteiger partial charge < -0.3 is 19.1 Å². The third-order valence-corrected chi connectivity index (χ3v) is 4.88. The zero-order valence-corrected chi connectivity index (χ0v) is 17.3. The summed E-state index contributed by atoms with van der Waals surface area (Å²) in [5, 5.41) is 4.88. The third kappa shape index (κ3) is 4.91. The van der Waals surface area contributed by atoms with Crippen LogP contribution in [-0.4, -0.2) is 52.7 Å². The number of hydrogen-bond donors (Lipinski definition) is 0. The maximum atomic E-state index is 13.4. The number of aryl methyl sites for hydroxylation is 1. The number of hydrogen-bond acceptors (Lipinski definition) is 5. The van der Waals surface area contributed by atoms with Crippen LogP contribution in [0.15, 0.2) is 36.5 Å². The lowest BCUT2D eigenvalue weighted by Crippen LogP contribution is -2.41. The molecule has 1 fully saturated rings. The van der Waals surface area contributed by atoms with Crippen LogP contribution in [0.4, 0.5) is 0 Å². The molecule has 0 aliphatic carbocycles. The van der Waals surface area contributed by atoms with Gasteiger partial charge in [0.1, 0.15) is 11.8 Å². The number of ether oxygens (including phenoxy) is 3. The largest absolute Gasteiger partial charge is 0.367 e. The number of aromatic nitrogens is 2. The zero-order chi connectivity index (χ0) is 20.3. The summed E-state index contributed by atoms with van der Waals surface area (Å²) in [6.07, 6.45) is 0.747. The topological polar surface area (TPSA) is 65.8 Å². The molecule has 2 heterocycles. The SMILES string of the molecule is CO[C@@H](C(=O)N(Cc1nn(C)cc1Cl)C[C@@H]1COC(C)(C)O1)c1ccccc1. The molecule has 2 atom stereocenters. The van der Waals surface area contributed by atoms with E-state index in [1.54, 1.807) is 22.8 Å². The Hall–Kier alpha value is -1.93. The van der Waals surface area contributed by atoms with Crippen LogP contribution in [-0.2, 0) is 32.6 Å². The van der Waals surface area contributed by atoms with E-state index >= 15 is 0 Å². The van der Waals surface area contributed by atoms with Crippen LogP contribution >= 0.6 is 11.6 Å². The van der Waals surface area contributed by atoms with E-state index in [-0.39, 0.29) is 18.6 Å². The molecule has 1 aromatic heterocycles. The van der Waals surface area contributed by atoms with Crippen molar-refractivity contribution in [2.75, 3.05) is 20.3 Å². The number of nitrogens with zero attached hydrogens (tertiary/aromatic N) is 3. The van der Waals surface area contributed by atoms with E-state index in [2.05, 4.69) is 5.10 Å². The molecule has 152 valence electrons. The highest BCUT2D eigenvalue weighted by Crippen LogP contribution is 2.26. The fraction of sp³-hybridized carbons (Fsp3) is 0.500. The van der Waals surface area contributed by atoms with Gasteiger partial charge >= 0.3 is 0 Å². The van der Waals surface area contributed by atoms with Crippen LogP contribution in [0.5, 0.6) is 0 Å². The van der Waals surface area contributed by atoms with Crippen molar-refractivity contribution in [3.05, 3.63) is 52.8 Å². The average molecular weight is 408 g/mol. The van der Waals surface area contributed by atoms with Gasteiger partial charge in [0.25, 0.3) is 5.91 Å². The van der Waals surface area contributed by atoms with Crippen LogP contribution in [0.3, 0.4) is 0 Å². The lowest BCUT2D eigenvalue weighted by Gasteiger charge is -2.28. The molecular weight excluding hydrogens is 382 g/mol. The van der Waals surface area contributed by atoms with Gasteiger partial charge in [0.05, 0.1) is 18.2 Å². The van der Waals surface area contributed by atoms with E-state index in [4.69, 9.17) is 25.8 Å². The lowest BCUT2D eigenvalue weighted by atomic mass is 10.1. The molecule has 0 saturated carbocycles. The molecule has 1 aliphatic heterocycles. The Labute approximate surface area is 170 Å². The number of halogens is 1. The number of amides is 1. The molecule has 7 nitrogen and oxygen atoms in total. The van der Waals surface area contributed by atoms with Crippen LogP contribution in [0.2, 0.25) is 5.02 Å². The Kier molecular flexibility index (Phi) is 6.40. The van der Waals surface area contributed by atoms with Crippen LogP contribution in [0.25, 0.3) is 0 Å². The number of benzene rings is 1. The van der Waals surface area contributed by atoms with Crippen LogP contribution in [0, 0.1) is 0 Å². The van der Waals surface area contributed by atoms with Crippen LogP contribution in [0.1, 0.15) is 31.2 Å². The molecule has 0 bridgehead atoms. The number of rotatable bonds is 7. The van der Waals surface area contributed by atoms with Crippen molar-refractivity contribution in [1.82, 2.24) is 14.7 Å². The fourth-order valence-electron chi connectivity index (χ4n) is 3.30. The Morgan fingerprint density at radius 3 is 2.68 bits per heavy atom. The molecule has 1 aromatic carbocycles. The maximum Gasteiger partial charge on any atom is 0.256 e. The predicted octanol–water partition coefficient (Wildman–Crippen LogP) is 2.94. The molecule has 0 N–H and O–H groups in total. The predicted molar refractivity (Wildman–Crippen MR) is 105 cm³/mol. The molecule has 3 rings (SSSR count). The van der Waals surface area contributed by atoms with Crippen molar-refractivity contribution in [2.24, 2.45) is 7.05 Å². The van der Waals surface area contributed by atoms with Crippen LogP contribution < -0.4 is 0 Å². The molecule has 8 heteroatoms. The molecule has 0 spiro atoms. The Morgan fingerprint density at radius 1 is 1.43 bits per heavy atom. The fourth-order valence-corrected chi connectivity index (χ4v) is 3.54. The van der Waals surface area contributed by atoms with E-state index in [0.717, 1.165) is 5.56 Å². The highest BCUT2D eigenvalue weighted by atomic mass is 35.5. The van der Waals surface area contributed by atoms with E-state index in [9.17, 15) is 4.79 Å². The van der Waals surface area contributed by atoms with Crippen molar-refractivity contribution in [3.8, 4) is 0 Å². The third-order valence-electron chi connectivity index (χ3n) is 4.56. The first-order valence-corrected chi connectivity index (χ1v) is 9.53. The quantitative estimate of drug-likeness (QED) is 0.706. The molecular formula is C20H26ClN3O4. The Balaban J connectivity index is 1.83. The van der Waals surface area contributed by atoms with Gasteiger partial charge in [0.2, 0.25) is 0 Å². The second-order valence-electron chi connectivity index (χ2n) is 7.29. The van der Waals surface area contributed by atoms with E-state index < -0.39 is 11.9 Å². The monoisotopic (exact) mass is 407 g/mol. The number of carbonyl (C=O) groups is 1. The standard InChI is InChI=1S/C20H26ClN3O4/c1-20(2)27-13-15(28-20)10-24(12-17-16(21)11-23(3)22-17)19(25)18(26-4)14-8-6-5-7-9-14/h5-9,11,15,18H,10,12-13H2,1-4H3/t15-,18-/m1/s1. The second-order valence-corrected chi connectivity index (χ2v) is 7.70. The van der Waals surface area contributed by atoms with E-state index in [0.29, 0.717) is 23.9 Å². The molecule has 0 unspecified atom stereocenters. The molecule has 1 aliphatic rings. The normalized spacial score (nSPS) is 19.5.